The molecule has 4 rings (SSSR count). The topological polar surface area (TPSA) is 105 Å². The standard InChI is InChI=1S/C25H24N2O5/c28-22(27-25(23(29)30)13-5-6-14-25)12-7-15-26-24(31)32-16-21-19-10-3-1-8-17(19)18-9-2-4-11-20(18)21/h1-4,8-11,21H,5-6,13-16H2,(H,26,31)(H,27,28)(H,29,30). The number of carbonyl (C=O) groups excluding carboxylic acids is 2. The zero-order valence-electron chi connectivity index (χ0n) is 17.5. The van der Waals surface area contributed by atoms with Crippen LogP contribution < -0.4 is 10.6 Å². The minimum atomic E-state index is -1.23. The lowest BCUT2D eigenvalue weighted by molar-refractivity contribution is -0.146. The summed E-state index contributed by atoms with van der Waals surface area (Å²) in [5, 5.41) is 14.4. The van der Waals surface area contributed by atoms with Crippen LogP contribution in [0.3, 0.4) is 0 Å². The number of rotatable bonds is 5. The van der Waals surface area contributed by atoms with E-state index in [0.29, 0.717) is 12.8 Å². The first-order chi connectivity index (χ1) is 15.5. The fourth-order valence-corrected chi connectivity index (χ4v) is 4.51. The first-order valence-electron chi connectivity index (χ1n) is 10.6. The lowest BCUT2D eigenvalue weighted by Crippen LogP contribution is -2.52. The maximum absolute atomic E-state index is 12.1. The molecular weight excluding hydrogens is 408 g/mol. The van der Waals surface area contributed by atoms with Gasteiger partial charge in [0.15, 0.2) is 0 Å². The predicted molar refractivity (Wildman–Crippen MR) is 118 cm³/mol. The van der Waals surface area contributed by atoms with E-state index in [4.69, 9.17) is 4.74 Å². The van der Waals surface area contributed by atoms with Gasteiger partial charge >= 0.3 is 12.1 Å². The summed E-state index contributed by atoms with van der Waals surface area (Å²) >= 11 is 0. The van der Waals surface area contributed by atoms with Crippen molar-refractivity contribution in [1.82, 2.24) is 10.6 Å². The highest BCUT2D eigenvalue weighted by atomic mass is 16.5. The summed E-state index contributed by atoms with van der Waals surface area (Å²) < 4.78 is 5.41. The summed E-state index contributed by atoms with van der Waals surface area (Å²) in [5.74, 6) is 3.13. The van der Waals surface area contributed by atoms with Gasteiger partial charge in [0.25, 0.3) is 5.91 Å². The molecule has 2 amide bonds. The lowest BCUT2D eigenvalue weighted by atomic mass is 9.98. The van der Waals surface area contributed by atoms with Crippen molar-refractivity contribution in [1.29, 1.82) is 0 Å². The van der Waals surface area contributed by atoms with Crippen LogP contribution in [-0.4, -0.2) is 41.8 Å². The molecule has 1 saturated carbocycles. The molecule has 0 aliphatic heterocycles. The van der Waals surface area contributed by atoms with E-state index >= 15 is 0 Å². The van der Waals surface area contributed by atoms with Crippen molar-refractivity contribution < 1.29 is 24.2 Å². The number of amides is 2. The van der Waals surface area contributed by atoms with Gasteiger partial charge in [-0.05, 0) is 41.0 Å². The van der Waals surface area contributed by atoms with Gasteiger partial charge in [-0.3, -0.25) is 4.79 Å². The van der Waals surface area contributed by atoms with Crippen molar-refractivity contribution in [3.63, 3.8) is 0 Å². The lowest BCUT2D eigenvalue weighted by Gasteiger charge is -2.23. The van der Waals surface area contributed by atoms with Crippen LogP contribution >= 0.6 is 0 Å². The van der Waals surface area contributed by atoms with Crippen molar-refractivity contribution in [2.75, 3.05) is 13.2 Å². The molecule has 1 fully saturated rings. The fourth-order valence-electron chi connectivity index (χ4n) is 4.51. The van der Waals surface area contributed by atoms with E-state index < -0.39 is 23.5 Å². The Morgan fingerprint density at radius 3 is 2.19 bits per heavy atom. The Hall–Kier alpha value is -3.79. The highest BCUT2D eigenvalue weighted by Gasteiger charge is 2.42. The normalized spacial score (nSPS) is 15.6. The number of nitrogens with one attached hydrogen (secondary N) is 2. The molecule has 7 heteroatoms. The summed E-state index contributed by atoms with van der Waals surface area (Å²) in [4.78, 5) is 35.6. The summed E-state index contributed by atoms with van der Waals surface area (Å²) in [6, 6.07) is 16.1. The molecule has 32 heavy (non-hydrogen) atoms. The third kappa shape index (κ3) is 4.30. The van der Waals surface area contributed by atoms with Gasteiger partial charge in [0.2, 0.25) is 0 Å². The van der Waals surface area contributed by atoms with Crippen molar-refractivity contribution in [2.45, 2.75) is 37.1 Å². The third-order valence-corrected chi connectivity index (χ3v) is 6.09. The maximum Gasteiger partial charge on any atom is 0.407 e. The van der Waals surface area contributed by atoms with E-state index in [9.17, 15) is 19.5 Å². The highest BCUT2D eigenvalue weighted by Crippen LogP contribution is 2.44. The molecule has 7 nitrogen and oxygen atoms in total. The van der Waals surface area contributed by atoms with Crippen LogP contribution in [0.1, 0.15) is 42.7 Å². The summed E-state index contributed by atoms with van der Waals surface area (Å²) in [6.07, 6.45) is 1.67. The maximum atomic E-state index is 12.1. The van der Waals surface area contributed by atoms with Crippen LogP contribution in [-0.2, 0) is 14.3 Å². The van der Waals surface area contributed by atoms with Gasteiger partial charge in [0.1, 0.15) is 12.1 Å². The number of hydrogen-bond donors (Lipinski definition) is 3. The largest absolute Gasteiger partial charge is 0.480 e. The number of carbonyl (C=O) groups is 3. The molecule has 3 N–H and O–H groups in total. The Kier molecular flexibility index (Phi) is 6.13. The van der Waals surface area contributed by atoms with Crippen LogP contribution in [0.4, 0.5) is 4.79 Å². The monoisotopic (exact) mass is 432 g/mol. The highest BCUT2D eigenvalue weighted by molar-refractivity contribution is 5.97. The zero-order chi connectivity index (χ0) is 22.6. The molecule has 0 atom stereocenters. The molecule has 2 aliphatic rings. The average Bonchev–Trinajstić information content (AvgIpc) is 3.39. The second-order valence-corrected chi connectivity index (χ2v) is 8.03. The molecule has 0 bridgehead atoms. The van der Waals surface area contributed by atoms with Crippen molar-refractivity contribution in [3.05, 3.63) is 59.7 Å². The predicted octanol–water partition coefficient (Wildman–Crippen LogP) is 3.04. The van der Waals surface area contributed by atoms with Gasteiger partial charge in [-0.1, -0.05) is 67.3 Å². The molecule has 0 aromatic heterocycles. The number of carboxylic acid groups (broad SMARTS) is 1. The molecule has 0 radical (unpaired) electrons. The van der Waals surface area contributed by atoms with E-state index in [2.05, 4.69) is 34.6 Å². The Labute approximate surface area is 186 Å². The smallest absolute Gasteiger partial charge is 0.407 e. The second-order valence-electron chi connectivity index (χ2n) is 8.03. The molecule has 0 spiro atoms. The Balaban J connectivity index is 1.28. The van der Waals surface area contributed by atoms with Crippen LogP contribution in [0.5, 0.6) is 0 Å². The number of hydrogen-bond acceptors (Lipinski definition) is 4. The number of fused-ring (bicyclic) bond motifs is 3. The number of alkyl carbamates (subject to hydrolysis) is 1. The van der Waals surface area contributed by atoms with E-state index in [-0.39, 0.29) is 19.1 Å². The van der Waals surface area contributed by atoms with E-state index in [1.165, 1.54) is 0 Å². The quantitative estimate of drug-likeness (QED) is 0.630. The molecule has 164 valence electrons. The Bertz CT molecular complexity index is 1060. The van der Waals surface area contributed by atoms with Crippen molar-refractivity contribution >= 4 is 18.0 Å². The summed E-state index contributed by atoms with van der Waals surface area (Å²) in [6.45, 7) is 0.110. The van der Waals surface area contributed by atoms with Gasteiger partial charge in [-0.15, -0.1) is 0 Å². The van der Waals surface area contributed by atoms with Gasteiger partial charge in [-0.2, -0.15) is 0 Å². The summed E-state index contributed by atoms with van der Waals surface area (Å²) in [5.41, 5.74) is 3.31. The first kappa shape index (κ1) is 21.4. The minimum absolute atomic E-state index is 0.0383. The first-order valence-corrected chi connectivity index (χ1v) is 10.6. The van der Waals surface area contributed by atoms with Gasteiger partial charge in [0, 0.05) is 5.92 Å². The summed E-state index contributed by atoms with van der Waals surface area (Å²) in [7, 11) is 0. The number of ether oxygens (including phenoxy) is 1. The minimum Gasteiger partial charge on any atom is -0.480 e. The van der Waals surface area contributed by atoms with Crippen LogP contribution in [0, 0.1) is 11.8 Å². The van der Waals surface area contributed by atoms with Gasteiger partial charge in [-0.25, -0.2) is 9.59 Å². The van der Waals surface area contributed by atoms with E-state index in [1.54, 1.807) is 0 Å². The average molecular weight is 432 g/mol. The molecular formula is C25H24N2O5. The van der Waals surface area contributed by atoms with Crippen molar-refractivity contribution in [2.24, 2.45) is 0 Å². The molecule has 0 unspecified atom stereocenters. The second kappa shape index (κ2) is 9.15. The Morgan fingerprint density at radius 2 is 1.59 bits per heavy atom. The van der Waals surface area contributed by atoms with Gasteiger partial charge < -0.3 is 20.5 Å². The number of aliphatic carboxylic acids is 1. The third-order valence-electron chi connectivity index (χ3n) is 6.09. The number of benzene rings is 2. The zero-order valence-corrected chi connectivity index (χ0v) is 17.5. The Morgan fingerprint density at radius 1 is 1.00 bits per heavy atom. The van der Waals surface area contributed by atoms with Crippen LogP contribution in [0.25, 0.3) is 11.1 Å². The molecule has 2 aliphatic carbocycles. The molecule has 2 aromatic rings. The van der Waals surface area contributed by atoms with Gasteiger partial charge in [0.05, 0.1) is 6.54 Å². The number of carboxylic acids is 1. The SMILES string of the molecule is O=C(C#CCNC(=O)OCC1c2ccccc2-c2ccccc21)NC1(C(=O)O)CCCC1. The van der Waals surface area contributed by atoms with Crippen LogP contribution in [0.15, 0.2) is 48.5 Å². The van der Waals surface area contributed by atoms with Crippen LogP contribution in [0.2, 0.25) is 0 Å². The molecule has 2 aromatic carbocycles. The van der Waals surface area contributed by atoms with Crippen molar-refractivity contribution in [3.8, 4) is 23.0 Å². The fraction of sp³-hybridized carbons (Fsp3) is 0.320. The van der Waals surface area contributed by atoms with E-state index in [0.717, 1.165) is 35.1 Å². The van der Waals surface area contributed by atoms with E-state index in [1.807, 2.05) is 36.4 Å². The molecule has 0 heterocycles. The molecule has 0 saturated heterocycles.